The van der Waals surface area contributed by atoms with Crippen LogP contribution in [-0.4, -0.2) is 27.5 Å². The van der Waals surface area contributed by atoms with Gasteiger partial charge in [0.15, 0.2) is 23.3 Å². The van der Waals surface area contributed by atoms with Gasteiger partial charge in [0.25, 0.3) is 0 Å². The molecule has 0 bridgehead atoms. The number of pyridine rings is 1. The van der Waals surface area contributed by atoms with E-state index in [1.54, 1.807) is 30.3 Å². The highest BCUT2D eigenvalue weighted by molar-refractivity contribution is 5.93. The highest BCUT2D eigenvalue weighted by Crippen LogP contribution is 2.26. The number of nitrogens with one attached hydrogen (secondary N) is 1. The van der Waals surface area contributed by atoms with E-state index in [1.807, 2.05) is 0 Å². The van der Waals surface area contributed by atoms with Crippen LogP contribution in [0.1, 0.15) is 22.0 Å². The summed E-state index contributed by atoms with van der Waals surface area (Å²) in [4.78, 5) is 23.5. The maximum atomic E-state index is 14.4. The molecule has 3 aromatic rings. The van der Waals surface area contributed by atoms with Gasteiger partial charge in [-0.1, -0.05) is 30.3 Å². The zero-order valence-electron chi connectivity index (χ0n) is 13.9. The molecule has 2 aromatic carbocycles. The minimum Gasteiger partial charge on any atom is -0.477 e. The van der Waals surface area contributed by atoms with Gasteiger partial charge >= 0.3 is 5.97 Å². The lowest BCUT2D eigenvalue weighted by atomic mass is 10.1. The first-order valence-corrected chi connectivity index (χ1v) is 7.84. The van der Waals surface area contributed by atoms with Crippen molar-refractivity contribution in [3.05, 3.63) is 81.1 Å². The summed E-state index contributed by atoms with van der Waals surface area (Å²) in [5.41, 5.74) is -0.587. The normalized spacial score (nSPS) is 12.2. The molecule has 1 heterocycles. The molecule has 0 saturated carbocycles. The number of fused-ring (bicyclic) bond motifs is 1. The average molecular weight is 396 g/mol. The van der Waals surface area contributed by atoms with Crippen LogP contribution >= 0.6 is 0 Å². The minimum absolute atomic E-state index is 0.470. The van der Waals surface area contributed by atoms with Gasteiger partial charge < -0.3 is 15.6 Å². The maximum absolute atomic E-state index is 14.4. The van der Waals surface area contributed by atoms with Crippen LogP contribution in [0.5, 0.6) is 0 Å². The fourth-order valence-electron chi connectivity index (χ4n) is 2.77. The standard InChI is InChI=1S/C18H12F4N2O4/c19-12-11-16(15(22)14(21)13(12)20)24(6-9(17(11)26)18(27)28)23-10(7-25)8-4-2-1-3-5-8/h1-6,10,23,25H,7H2,(H,27,28). The van der Waals surface area contributed by atoms with E-state index in [1.165, 1.54) is 0 Å². The summed E-state index contributed by atoms with van der Waals surface area (Å²) in [6.45, 7) is -0.576. The van der Waals surface area contributed by atoms with Crippen molar-refractivity contribution in [3.8, 4) is 0 Å². The Morgan fingerprint density at radius 3 is 2.21 bits per heavy atom. The number of hydrogen-bond acceptors (Lipinski definition) is 4. The number of benzene rings is 2. The molecule has 0 spiro atoms. The number of aliphatic hydroxyl groups excluding tert-OH is 1. The lowest BCUT2D eigenvalue weighted by Crippen LogP contribution is -2.29. The van der Waals surface area contributed by atoms with Gasteiger partial charge in [-0.25, -0.2) is 22.4 Å². The first-order chi connectivity index (χ1) is 13.3. The van der Waals surface area contributed by atoms with Crippen molar-refractivity contribution >= 4 is 16.9 Å². The van der Waals surface area contributed by atoms with E-state index in [4.69, 9.17) is 5.11 Å². The molecule has 146 valence electrons. The fraction of sp³-hybridized carbons (Fsp3) is 0.111. The quantitative estimate of drug-likeness (QED) is 0.350. The van der Waals surface area contributed by atoms with Crippen molar-refractivity contribution in [3.63, 3.8) is 0 Å². The molecule has 28 heavy (non-hydrogen) atoms. The minimum atomic E-state index is -2.24. The number of carboxylic acids is 1. The Kier molecular flexibility index (Phi) is 5.06. The average Bonchev–Trinajstić information content (AvgIpc) is 2.69. The fourth-order valence-corrected chi connectivity index (χ4v) is 2.77. The largest absolute Gasteiger partial charge is 0.477 e. The Bertz CT molecular complexity index is 1130. The summed E-state index contributed by atoms with van der Waals surface area (Å²) in [6, 6.07) is 7.12. The highest BCUT2D eigenvalue weighted by atomic mass is 19.2. The van der Waals surface area contributed by atoms with Gasteiger partial charge in [0.1, 0.15) is 11.1 Å². The van der Waals surface area contributed by atoms with Gasteiger partial charge in [0, 0.05) is 6.20 Å². The van der Waals surface area contributed by atoms with Crippen LogP contribution in [0.3, 0.4) is 0 Å². The number of aromatic carboxylic acids is 1. The molecule has 0 aliphatic heterocycles. The number of halogens is 4. The molecule has 0 aliphatic rings. The Morgan fingerprint density at radius 2 is 1.64 bits per heavy atom. The van der Waals surface area contributed by atoms with E-state index < -0.39 is 63.8 Å². The molecule has 0 fully saturated rings. The van der Waals surface area contributed by atoms with Gasteiger partial charge in [-0.3, -0.25) is 9.47 Å². The smallest absolute Gasteiger partial charge is 0.341 e. The zero-order valence-corrected chi connectivity index (χ0v) is 13.9. The first-order valence-electron chi connectivity index (χ1n) is 7.84. The third kappa shape index (κ3) is 3.07. The second-order valence-corrected chi connectivity index (χ2v) is 5.80. The molecule has 6 nitrogen and oxygen atoms in total. The van der Waals surface area contributed by atoms with Crippen molar-refractivity contribution in [2.45, 2.75) is 6.04 Å². The molecular formula is C18H12F4N2O4. The lowest BCUT2D eigenvalue weighted by molar-refractivity contribution is 0.0695. The van der Waals surface area contributed by atoms with Crippen LogP contribution < -0.4 is 10.9 Å². The molecule has 1 aromatic heterocycles. The van der Waals surface area contributed by atoms with E-state index >= 15 is 0 Å². The molecule has 10 heteroatoms. The Labute approximate surface area is 154 Å². The molecule has 0 amide bonds. The number of carboxylic acid groups (broad SMARTS) is 1. The van der Waals surface area contributed by atoms with Crippen LogP contribution in [0, 0.1) is 23.3 Å². The molecule has 3 rings (SSSR count). The lowest BCUT2D eigenvalue weighted by Gasteiger charge is -2.22. The van der Waals surface area contributed by atoms with E-state index in [0.717, 1.165) is 0 Å². The number of carbonyl (C=O) groups is 1. The molecule has 0 saturated heterocycles. The predicted molar refractivity (Wildman–Crippen MR) is 90.6 cm³/mol. The molecule has 1 atom stereocenters. The number of rotatable bonds is 5. The summed E-state index contributed by atoms with van der Waals surface area (Å²) < 4.78 is 56.5. The van der Waals surface area contributed by atoms with Crippen molar-refractivity contribution in [2.75, 3.05) is 12.0 Å². The summed E-state index contributed by atoms with van der Waals surface area (Å²) in [5.74, 6) is -10.1. The van der Waals surface area contributed by atoms with E-state index in [2.05, 4.69) is 5.43 Å². The summed E-state index contributed by atoms with van der Waals surface area (Å²) in [7, 11) is 0. The number of aromatic nitrogens is 1. The van der Waals surface area contributed by atoms with Gasteiger partial charge in [-0.05, 0) is 5.56 Å². The number of hydrogen-bond donors (Lipinski definition) is 3. The van der Waals surface area contributed by atoms with Crippen molar-refractivity contribution < 1.29 is 32.6 Å². The Hall–Kier alpha value is -3.40. The summed E-state index contributed by atoms with van der Waals surface area (Å²) in [5, 5.41) is 17.5. The van der Waals surface area contributed by atoms with Gasteiger partial charge in [0.2, 0.25) is 5.43 Å². The predicted octanol–water partition coefficient (Wildman–Crippen LogP) is 2.53. The van der Waals surface area contributed by atoms with Crippen molar-refractivity contribution in [1.82, 2.24) is 4.68 Å². The SMILES string of the molecule is O=C(O)c1cn(NC(CO)c2ccccc2)c2c(F)c(F)c(F)c(F)c2c1=O. The summed E-state index contributed by atoms with van der Waals surface area (Å²) >= 11 is 0. The van der Waals surface area contributed by atoms with Gasteiger partial charge in [0.05, 0.1) is 18.0 Å². The van der Waals surface area contributed by atoms with Crippen LogP contribution in [0.4, 0.5) is 17.6 Å². The zero-order chi connectivity index (χ0) is 20.6. The van der Waals surface area contributed by atoms with Gasteiger partial charge in [-0.2, -0.15) is 0 Å². The topological polar surface area (TPSA) is 91.6 Å². The molecule has 0 radical (unpaired) electrons. The Balaban J connectivity index is 2.34. The number of aliphatic hydroxyl groups is 1. The molecule has 0 aliphatic carbocycles. The van der Waals surface area contributed by atoms with Crippen LogP contribution in [0.25, 0.3) is 10.9 Å². The monoisotopic (exact) mass is 396 g/mol. The summed E-state index contributed by atoms with van der Waals surface area (Å²) in [6.07, 6.45) is 0.610. The molecular weight excluding hydrogens is 384 g/mol. The number of nitrogens with zero attached hydrogens (tertiary/aromatic N) is 1. The molecule has 1 unspecified atom stereocenters. The third-order valence-electron chi connectivity index (χ3n) is 4.12. The van der Waals surface area contributed by atoms with E-state index in [-0.39, 0.29) is 0 Å². The van der Waals surface area contributed by atoms with Gasteiger partial charge in [-0.15, -0.1) is 0 Å². The second kappa shape index (κ2) is 7.31. The second-order valence-electron chi connectivity index (χ2n) is 5.80. The van der Waals surface area contributed by atoms with Crippen molar-refractivity contribution in [1.29, 1.82) is 0 Å². The Morgan fingerprint density at radius 1 is 1.04 bits per heavy atom. The van der Waals surface area contributed by atoms with Crippen LogP contribution in [-0.2, 0) is 0 Å². The highest BCUT2D eigenvalue weighted by Gasteiger charge is 2.28. The molecule has 3 N–H and O–H groups in total. The van der Waals surface area contributed by atoms with Crippen molar-refractivity contribution in [2.24, 2.45) is 0 Å². The van der Waals surface area contributed by atoms with E-state index in [9.17, 15) is 32.3 Å². The van der Waals surface area contributed by atoms with E-state index in [0.29, 0.717) is 16.4 Å². The first kappa shape index (κ1) is 19.4. The van der Waals surface area contributed by atoms with Crippen LogP contribution in [0.2, 0.25) is 0 Å². The van der Waals surface area contributed by atoms with Crippen LogP contribution in [0.15, 0.2) is 41.3 Å². The third-order valence-corrected chi connectivity index (χ3v) is 4.12. The maximum Gasteiger partial charge on any atom is 0.341 e.